The molecule has 0 aliphatic carbocycles. The van der Waals surface area contributed by atoms with Crippen LogP contribution in [0.3, 0.4) is 0 Å². The number of aliphatic carboxylic acids is 1. The van der Waals surface area contributed by atoms with Crippen LogP contribution in [0.15, 0.2) is 0 Å². The molecule has 1 rings (SSSR count). The van der Waals surface area contributed by atoms with Crippen molar-refractivity contribution in [2.24, 2.45) is 5.92 Å². The summed E-state index contributed by atoms with van der Waals surface area (Å²) in [7, 11) is 0. The molecule has 0 aromatic heterocycles. The highest BCUT2D eigenvalue weighted by molar-refractivity contribution is 5.83. The average molecular weight is 342 g/mol. The lowest BCUT2D eigenvalue weighted by Gasteiger charge is -2.29. The molecule has 6 nitrogen and oxygen atoms in total. The molecule has 0 saturated carbocycles. The molecule has 0 atom stereocenters. The number of carboxylic acids is 1. The van der Waals surface area contributed by atoms with E-state index in [1.165, 1.54) is 0 Å². The Bertz CT molecular complexity index is 407. The molecule has 0 aromatic rings. The topological polar surface area (TPSA) is 89.9 Å². The van der Waals surface area contributed by atoms with Crippen LogP contribution >= 0.6 is 0 Å². The third-order valence-corrected chi connectivity index (χ3v) is 4.18. The molecule has 24 heavy (non-hydrogen) atoms. The Morgan fingerprint density at radius 1 is 1.00 bits per heavy atom. The lowest BCUT2D eigenvalue weighted by molar-refractivity contribution is -0.239. The van der Waals surface area contributed by atoms with Crippen molar-refractivity contribution in [3.8, 4) is 0 Å². The Labute approximate surface area is 143 Å². The molecule has 1 aliphatic heterocycles. The minimum absolute atomic E-state index is 0.00741. The molecular weight excluding hydrogens is 312 g/mol. The molecule has 138 valence electrons. The molecule has 0 spiro atoms. The summed E-state index contributed by atoms with van der Waals surface area (Å²) in [6.45, 7) is 4.17. The number of ether oxygens (including phenoxy) is 2. The predicted octanol–water partition coefficient (Wildman–Crippen LogP) is 3.81. The van der Waals surface area contributed by atoms with Crippen LogP contribution in [0.25, 0.3) is 0 Å². The van der Waals surface area contributed by atoms with E-state index in [0.29, 0.717) is 25.2 Å². The fraction of sp³-hybridized carbons (Fsp3) is 0.833. The third-order valence-electron chi connectivity index (χ3n) is 4.18. The van der Waals surface area contributed by atoms with Crippen LogP contribution < -0.4 is 0 Å². The Morgan fingerprint density at radius 2 is 1.50 bits per heavy atom. The summed E-state index contributed by atoms with van der Waals surface area (Å²) in [4.78, 5) is 35.7. The second-order valence-corrected chi connectivity index (χ2v) is 6.91. The molecule has 0 radical (unpaired) electrons. The van der Waals surface area contributed by atoms with E-state index in [0.717, 1.165) is 32.1 Å². The average Bonchev–Trinajstić information content (AvgIpc) is 2.48. The minimum Gasteiger partial charge on any atom is -0.475 e. The van der Waals surface area contributed by atoms with Crippen molar-refractivity contribution in [1.82, 2.24) is 0 Å². The largest absolute Gasteiger partial charge is 0.475 e. The van der Waals surface area contributed by atoms with E-state index in [4.69, 9.17) is 9.47 Å². The molecule has 6 heteroatoms. The SMILES string of the molecule is CC(C)CCCCC1(C(=O)O)OC(=O)CCCCCCCC(=O)O1. The van der Waals surface area contributed by atoms with Crippen LogP contribution in [-0.2, 0) is 23.9 Å². The maximum atomic E-state index is 12.0. The van der Waals surface area contributed by atoms with E-state index in [9.17, 15) is 19.5 Å². The molecule has 1 saturated heterocycles. The first kappa shape index (κ1) is 20.5. The highest BCUT2D eigenvalue weighted by Gasteiger charge is 2.46. The van der Waals surface area contributed by atoms with Gasteiger partial charge < -0.3 is 14.6 Å². The Kier molecular flexibility index (Phi) is 8.79. The van der Waals surface area contributed by atoms with Gasteiger partial charge in [-0.3, -0.25) is 9.59 Å². The molecular formula is C18H30O6. The van der Waals surface area contributed by atoms with Crippen LogP contribution in [0.4, 0.5) is 0 Å². The van der Waals surface area contributed by atoms with Gasteiger partial charge in [0.15, 0.2) is 0 Å². The second-order valence-electron chi connectivity index (χ2n) is 6.91. The standard InChI is InChI=1S/C18H30O6/c1-14(2)10-8-9-13-18(17(21)22)23-15(19)11-6-4-3-5-7-12-16(20)24-18/h14H,3-13H2,1-2H3,(H,21,22). The number of carbonyl (C=O) groups excluding carboxylic acids is 2. The maximum Gasteiger partial charge on any atom is 0.390 e. The fourth-order valence-corrected chi connectivity index (χ4v) is 2.77. The van der Waals surface area contributed by atoms with E-state index in [1.54, 1.807) is 0 Å². The molecule has 1 heterocycles. The molecule has 1 fully saturated rings. The highest BCUT2D eigenvalue weighted by atomic mass is 16.7. The Morgan fingerprint density at radius 3 is 1.96 bits per heavy atom. The van der Waals surface area contributed by atoms with Crippen LogP contribution in [0, 0.1) is 5.92 Å². The van der Waals surface area contributed by atoms with Crippen LogP contribution in [-0.4, -0.2) is 28.8 Å². The van der Waals surface area contributed by atoms with E-state index in [2.05, 4.69) is 13.8 Å². The van der Waals surface area contributed by atoms with E-state index in [-0.39, 0.29) is 19.3 Å². The van der Waals surface area contributed by atoms with Crippen LogP contribution in [0.2, 0.25) is 0 Å². The van der Waals surface area contributed by atoms with E-state index < -0.39 is 23.7 Å². The third kappa shape index (κ3) is 7.32. The molecule has 1 aliphatic rings. The van der Waals surface area contributed by atoms with Gasteiger partial charge >= 0.3 is 23.7 Å². The maximum absolute atomic E-state index is 12.0. The van der Waals surface area contributed by atoms with Gasteiger partial charge in [-0.15, -0.1) is 0 Å². The number of esters is 2. The van der Waals surface area contributed by atoms with Crippen molar-refractivity contribution in [2.75, 3.05) is 0 Å². The smallest absolute Gasteiger partial charge is 0.390 e. The zero-order chi connectivity index (χ0) is 18.0. The van der Waals surface area contributed by atoms with E-state index >= 15 is 0 Å². The fourth-order valence-electron chi connectivity index (χ4n) is 2.77. The summed E-state index contributed by atoms with van der Waals surface area (Å²) in [5.41, 5.74) is 0. The number of carbonyl (C=O) groups is 3. The van der Waals surface area contributed by atoms with E-state index in [1.807, 2.05) is 0 Å². The van der Waals surface area contributed by atoms with Crippen LogP contribution in [0.1, 0.15) is 84.5 Å². The van der Waals surface area contributed by atoms with Crippen molar-refractivity contribution < 1.29 is 29.0 Å². The molecule has 1 N–H and O–H groups in total. The van der Waals surface area contributed by atoms with Gasteiger partial charge in [0.2, 0.25) is 0 Å². The predicted molar refractivity (Wildman–Crippen MR) is 88.2 cm³/mol. The van der Waals surface area contributed by atoms with Crippen molar-refractivity contribution in [1.29, 1.82) is 0 Å². The number of rotatable bonds is 6. The lowest BCUT2D eigenvalue weighted by Crippen LogP contribution is -2.47. The van der Waals surface area contributed by atoms with Gasteiger partial charge in [-0.2, -0.15) is 0 Å². The molecule has 0 unspecified atom stereocenters. The number of cyclic esters (lactones) is 2. The number of hydrogen-bond donors (Lipinski definition) is 1. The number of hydrogen-bond acceptors (Lipinski definition) is 5. The summed E-state index contributed by atoms with van der Waals surface area (Å²) in [6, 6.07) is 0. The first-order valence-corrected chi connectivity index (χ1v) is 9.03. The van der Waals surface area contributed by atoms with Gasteiger partial charge in [0.25, 0.3) is 0 Å². The van der Waals surface area contributed by atoms with Gasteiger partial charge in [0.1, 0.15) is 0 Å². The summed E-state index contributed by atoms with van der Waals surface area (Å²) in [5.74, 6) is -4.31. The van der Waals surface area contributed by atoms with Crippen molar-refractivity contribution in [3.63, 3.8) is 0 Å². The Hall–Kier alpha value is -1.59. The van der Waals surface area contributed by atoms with Crippen molar-refractivity contribution >= 4 is 17.9 Å². The van der Waals surface area contributed by atoms with Crippen molar-refractivity contribution in [3.05, 3.63) is 0 Å². The summed E-state index contributed by atoms with van der Waals surface area (Å²) in [5, 5.41) is 9.58. The molecule has 0 bridgehead atoms. The lowest BCUT2D eigenvalue weighted by atomic mass is 10.0. The highest BCUT2D eigenvalue weighted by Crippen LogP contribution is 2.26. The zero-order valence-electron chi connectivity index (χ0n) is 14.8. The summed E-state index contributed by atoms with van der Waals surface area (Å²) in [6.07, 6.45) is 6.57. The molecule has 0 aromatic carbocycles. The Balaban J connectivity index is 2.82. The number of unbranched alkanes of at least 4 members (excludes halogenated alkanes) is 1. The normalized spacial score (nSPS) is 19.8. The number of carboxylic acid groups (broad SMARTS) is 1. The van der Waals surface area contributed by atoms with Crippen molar-refractivity contribution in [2.45, 2.75) is 90.3 Å². The van der Waals surface area contributed by atoms with Gasteiger partial charge in [-0.25, -0.2) is 4.79 Å². The monoisotopic (exact) mass is 342 g/mol. The second kappa shape index (κ2) is 10.3. The summed E-state index contributed by atoms with van der Waals surface area (Å²) >= 11 is 0. The van der Waals surface area contributed by atoms with Gasteiger partial charge in [0.05, 0.1) is 0 Å². The van der Waals surface area contributed by atoms with Crippen LogP contribution in [0.5, 0.6) is 0 Å². The zero-order valence-corrected chi connectivity index (χ0v) is 14.8. The minimum atomic E-state index is -2.18. The first-order valence-electron chi connectivity index (χ1n) is 9.03. The quantitative estimate of drug-likeness (QED) is 0.583. The summed E-state index contributed by atoms with van der Waals surface area (Å²) < 4.78 is 10.3. The van der Waals surface area contributed by atoms with Gasteiger partial charge in [-0.1, -0.05) is 46.0 Å². The molecule has 0 amide bonds. The van der Waals surface area contributed by atoms with Gasteiger partial charge in [-0.05, 0) is 25.2 Å². The van der Waals surface area contributed by atoms with Gasteiger partial charge in [0, 0.05) is 19.3 Å². The first-order chi connectivity index (χ1) is 11.4.